The molecule has 0 spiro atoms. The molecule has 0 aromatic carbocycles. The van der Waals surface area contributed by atoms with E-state index in [9.17, 15) is 9.59 Å². The van der Waals surface area contributed by atoms with Crippen LogP contribution in [0.3, 0.4) is 0 Å². The van der Waals surface area contributed by atoms with Gasteiger partial charge in [-0.3, -0.25) is 20.8 Å². The SMILES string of the molecule is CCOC(=O)NC(=N)NC(=O)c1nc(I)c(N)nc1N. The summed E-state index contributed by atoms with van der Waals surface area (Å²) in [6.07, 6.45) is -0.858. The second kappa shape index (κ2) is 6.83. The minimum atomic E-state index is -0.858. The maximum atomic E-state index is 11.8. The number of nitrogens with two attached hydrogens (primary N) is 2. The van der Waals surface area contributed by atoms with Crippen molar-refractivity contribution >= 4 is 52.2 Å². The summed E-state index contributed by atoms with van der Waals surface area (Å²) in [7, 11) is 0. The Morgan fingerprint density at radius 3 is 2.55 bits per heavy atom. The zero-order valence-electron chi connectivity index (χ0n) is 10.4. The number of nitrogens with one attached hydrogen (secondary N) is 3. The quantitative estimate of drug-likeness (QED) is 0.260. The minimum absolute atomic E-state index is 0.0966. The third-order valence-corrected chi connectivity index (χ3v) is 2.65. The number of anilines is 2. The van der Waals surface area contributed by atoms with Gasteiger partial charge in [-0.25, -0.2) is 14.8 Å². The van der Waals surface area contributed by atoms with E-state index in [1.54, 1.807) is 29.5 Å². The zero-order chi connectivity index (χ0) is 15.3. The molecule has 108 valence electrons. The van der Waals surface area contributed by atoms with Crippen molar-refractivity contribution in [1.82, 2.24) is 20.6 Å². The van der Waals surface area contributed by atoms with Crippen molar-refractivity contribution in [2.24, 2.45) is 0 Å². The highest BCUT2D eigenvalue weighted by Gasteiger charge is 2.17. The number of hydrogen-bond donors (Lipinski definition) is 5. The number of alkyl carbamates (subject to hydrolysis) is 1. The summed E-state index contributed by atoms with van der Waals surface area (Å²) in [6.45, 7) is 1.75. The van der Waals surface area contributed by atoms with Crippen LogP contribution in [-0.4, -0.2) is 34.5 Å². The third-order valence-electron chi connectivity index (χ3n) is 1.86. The average molecular weight is 393 g/mol. The number of amides is 2. The molecule has 1 aromatic heterocycles. The van der Waals surface area contributed by atoms with Crippen LogP contribution in [0.1, 0.15) is 17.4 Å². The van der Waals surface area contributed by atoms with Gasteiger partial charge in [0.05, 0.1) is 6.61 Å². The van der Waals surface area contributed by atoms with E-state index in [-0.39, 0.29) is 23.9 Å². The van der Waals surface area contributed by atoms with Gasteiger partial charge < -0.3 is 16.2 Å². The van der Waals surface area contributed by atoms with E-state index < -0.39 is 18.0 Å². The number of nitrogens with zero attached hydrogens (tertiary/aromatic N) is 2. The molecular weight excluding hydrogens is 381 g/mol. The van der Waals surface area contributed by atoms with Crippen LogP contribution >= 0.6 is 22.6 Å². The topological polar surface area (TPSA) is 169 Å². The standard InChI is InChI=1S/C9H12IN7O3/c1-2-20-9(19)17-8(13)16-7(18)3-5(11)15-6(12)4(10)14-3/h2H2,1H3,(H4,11,12,15)(H3,13,16,17,18,19). The summed E-state index contributed by atoms with van der Waals surface area (Å²) in [6, 6.07) is 0. The third kappa shape index (κ3) is 4.18. The van der Waals surface area contributed by atoms with E-state index >= 15 is 0 Å². The Bertz CT molecular complexity index is 563. The van der Waals surface area contributed by atoms with E-state index in [2.05, 4.69) is 20.0 Å². The average Bonchev–Trinajstić information content (AvgIpc) is 2.33. The smallest absolute Gasteiger partial charge is 0.413 e. The van der Waals surface area contributed by atoms with Crippen molar-refractivity contribution in [3.8, 4) is 0 Å². The van der Waals surface area contributed by atoms with Gasteiger partial charge in [0.2, 0.25) is 5.96 Å². The number of guanidine groups is 1. The summed E-state index contributed by atoms with van der Waals surface area (Å²) in [5.74, 6) is -1.44. The fourth-order valence-corrected chi connectivity index (χ4v) is 1.44. The van der Waals surface area contributed by atoms with Gasteiger partial charge in [0.25, 0.3) is 5.91 Å². The number of aromatic nitrogens is 2. The summed E-state index contributed by atoms with van der Waals surface area (Å²) >= 11 is 1.79. The number of hydrogen-bond acceptors (Lipinski definition) is 8. The first-order valence-electron chi connectivity index (χ1n) is 5.27. The summed E-state index contributed by atoms with van der Waals surface area (Å²) in [4.78, 5) is 30.4. The van der Waals surface area contributed by atoms with Gasteiger partial charge in [-0.15, -0.1) is 0 Å². The Morgan fingerprint density at radius 2 is 1.95 bits per heavy atom. The van der Waals surface area contributed by atoms with Gasteiger partial charge in [-0.2, -0.15) is 0 Å². The summed E-state index contributed by atoms with van der Waals surface area (Å²) in [5, 5.41) is 11.5. The molecule has 0 fully saturated rings. The molecule has 11 heteroatoms. The van der Waals surface area contributed by atoms with Crippen molar-refractivity contribution in [3.05, 3.63) is 9.39 Å². The lowest BCUT2D eigenvalue weighted by Gasteiger charge is -2.09. The molecule has 0 atom stereocenters. The Hall–Kier alpha value is -2.18. The van der Waals surface area contributed by atoms with Crippen LogP contribution < -0.4 is 22.1 Å². The molecule has 0 aliphatic heterocycles. The van der Waals surface area contributed by atoms with Crippen LogP contribution in [0.25, 0.3) is 0 Å². The van der Waals surface area contributed by atoms with Gasteiger partial charge in [0.15, 0.2) is 17.3 Å². The van der Waals surface area contributed by atoms with Crippen LogP contribution in [0.15, 0.2) is 0 Å². The molecule has 0 saturated heterocycles. The Kier molecular flexibility index (Phi) is 5.42. The molecule has 0 radical (unpaired) electrons. The lowest BCUT2D eigenvalue weighted by atomic mass is 10.4. The lowest BCUT2D eigenvalue weighted by Crippen LogP contribution is -2.43. The summed E-state index contributed by atoms with van der Waals surface area (Å²) in [5.41, 5.74) is 10.8. The molecule has 0 bridgehead atoms. The first-order valence-corrected chi connectivity index (χ1v) is 6.35. The lowest BCUT2D eigenvalue weighted by molar-refractivity contribution is 0.0971. The second-order valence-electron chi connectivity index (χ2n) is 3.31. The fourth-order valence-electron chi connectivity index (χ4n) is 1.08. The highest BCUT2D eigenvalue weighted by atomic mass is 127. The van der Waals surface area contributed by atoms with Crippen molar-refractivity contribution < 1.29 is 14.3 Å². The van der Waals surface area contributed by atoms with Crippen molar-refractivity contribution in [1.29, 1.82) is 5.41 Å². The van der Waals surface area contributed by atoms with Crippen molar-refractivity contribution in [3.63, 3.8) is 0 Å². The Morgan fingerprint density at radius 1 is 1.30 bits per heavy atom. The van der Waals surface area contributed by atoms with E-state index in [4.69, 9.17) is 16.9 Å². The second-order valence-corrected chi connectivity index (χ2v) is 4.33. The zero-order valence-corrected chi connectivity index (χ0v) is 12.5. The van der Waals surface area contributed by atoms with E-state index in [1.165, 1.54) is 0 Å². The van der Waals surface area contributed by atoms with Crippen LogP contribution in [-0.2, 0) is 4.74 Å². The number of halogens is 1. The van der Waals surface area contributed by atoms with Crippen LogP contribution in [0, 0.1) is 9.11 Å². The van der Waals surface area contributed by atoms with E-state index in [1.807, 2.05) is 5.32 Å². The largest absolute Gasteiger partial charge is 0.450 e. The first kappa shape index (κ1) is 15.9. The Labute approximate surface area is 127 Å². The molecular formula is C9H12IN7O3. The predicted molar refractivity (Wildman–Crippen MR) is 78.9 cm³/mol. The van der Waals surface area contributed by atoms with E-state index in [0.717, 1.165) is 0 Å². The molecule has 1 heterocycles. The molecule has 1 aromatic rings. The highest BCUT2D eigenvalue weighted by Crippen LogP contribution is 2.14. The normalized spacial score (nSPS) is 9.70. The van der Waals surface area contributed by atoms with E-state index in [0.29, 0.717) is 3.70 Å². The van der Waals surface area contributed by atoms with Crippen molar-refractivity contribution in [2.45, 2.75) is 6.92 Å². The molecule has 1 rings (SSSR count). The Balaban J connectivity index is 2.74. The van der Waals surface area contributed by atoms with Crippen LogP contribution in [0.2, 0.25) is 0 Å². The highest BCUT2D eigenvalue weighted by molar-refractivity contribution is 14.1. The van der Waals surface area contributed by atoms with Gasteiger partial charge in [-0.05, 0) is 29.5 Å². The minimum Gasteiger partial charge on any atom is -0.450 e. The molecule has 0 saturated carbocycles. The van der Waals surface area contributed by atoms with Gasteiger partial charge in [0, 0.05) is 0 Å². The number of nitrogen functional groups attached to an aromatic ring is 2. The van der Waals surface area contributed by atoms with Crippen LogP contribution in [0.4, 0.5) is 16.4 Å². The monoisotopic (exact) mass is 393 g/mol. The number of ether oxygens (including phenoxy) is 1. The maximum Gasteiger partial charge on any atom is 0.413 e. The molecule has 2 amide bonds. The summed E-state index contributed by atoms with van der Waals surface area (Å²) < 4.78 is 4.84. The molecule has 0 aliphatic carbocycles. The van der Waals surface area contributed by atoms with Gasteiger partial charge >= 0.3 is 6.09 Å². The first-order chi connectivity index (χ1) is 9.35. The number of carbonyl (C=O) groups is 2. The molecule has 0 aliphatic rings. The maximum absolute atomic E-state index is 11.8. The van der Waals surface area contributed by atoms with Gasteiger partial charge in [0.1, 0.15) is 3.70 Å². The molecule has 10 nitrogen and oxygen atoms in total. The van der Waals surface area contributed by atoms with Gasteiger partial charge in [-0.1, -0.05) is 0 Å². The van der Waals surface area contributed by atoms with Crippen molar-refractivity contribution in [2.75, 3.05) is 18.1 Å². The molecule has 7 N–H and O–H groups in total. The number of carbonyl (C=O) groups excluding carboxylic acids is 2. The molecule has 0 unspecified atom stereocenters. The van der Waals surface area contributed by atoms with Crippen LogP contribution in [0.5, 0.6) is 0 Å². The molecule has 20 heavy (non-hydrogen) atoms. The number of rotatable bonds is 2. The predicted octanol–water partition coefficient (Wildman–Crippen LogP) is -0.344. The fraction of sp³-hybridized carbons (Fsp3) is 0.222.